The minimum atomic E-state index is -3.58. The quantitative estimate of drug-likeness (QED) is 0.508. The molecule has 10 heteroatoms. The predicted molar refractivity (Wildman–Crippen MR) is 117 cm³/mol. The summed E-state index contributed by atoms with van der Waals surface area (Å²) in [4.78, 5) is 24.4. The molecule has 1 aliphatic heterocycles. The lowest BCUT2D eigenvalue weighted by atomic mass is 9.81. The van der Waals surface area contributed by atoms with Crippen LogP contribution in [0.25, 0.3) is 0 Å². The minimum absolute atomic E-state index is 0.0353. The Morgan fingerprint density at radius 2 is 1.71 bits per heavy atom. The fraction of sp³-hybridized carbons (Fsp3) is 0.619. The van der Waals surface area contributed by atoms with Gasteiger partial charge in [-0.1, -0.05) is 11.6 Å². The summed E-state index contributed by atoms with van der Waals surface area (Å²) in [5, 5.41) is 5.98. The number of amides is 2. The van der Waals surface area contributed by atoms with Crippen LogP contribution in [0.15, 0.2) is 29.2 Å². The molecule has 1 aliphatic carbocycles. The molecule has 1 heterocycles. The maximum Gasteiger partial charge on any atom is 0.240 e. The van der Waals surface area contributed by atoms with Crippen LogP contribution < -0.4 is 15.4 Å². The van der Waals surface area contributed by atoms with Gasteiger partial charge in [0.2, 0.25) is 21.8 Å². The molecule has 1 atom stereocenters. The van der Waals surface area contributed by atoms with E-state index < -0.39 is 10.0 Å². The molecule has 1 saturated heterocycles. The average Bonchev–Trinajstić information content (AvgIpc) is 3.29. The van der Waals surface area contributed by atoms with Crippen LogP contribution >= 0.6 is 11.6 Å². The normalized spacial score (nSPS) is 24.0. The highest BCUT2D eigenvalue weighted by atomic mass is 35.5. The van der Waals surface area contributed by atoms with Crippen LogP contribution in [0.3, 0.4) is 0 Å². The highest BCUT2D eigenvalue weighted by Gasteiger charge is 2.27. The maximum absolute atomic E-state index is 12.4. The van der Waals surface area contributed by atoms with Crippen molar-refractivity contribution in [3.8, 4) is 0 Å². The average molecular weight is 472 g/mol. The third kappa shape index (κ3) is 7.45. The van der Waals surface area contributed by atoms with Crippen LogP contribution in [-0.2, 0) is 24.3 Å². The molecule has 0 bridgehead atoms. The lowest BCUT2D eigenvalue weighted by molar-refractivity contribution is -0.129. The molecule has 0 spiro atoms. The third-order valence-electron chi connectivity index (χ3n) is 5.88. The Balaban J connectivity index is 1.33. The Morgan fingerprint density at radius 1 is 1.00 bits per heavy atom. The molecule has 8 nitrogen and oxygen atoms in total. The second kappa shape index (κ2) is 11.3. The molecular weight excluding hydrogens is 442 g/mol. The van der Waals surface area contributed by atoms with E-state index in [-0.39, 0.29) is 41.2 Å². The van der Waals surface area contributed by atoms with Gasteiger partial charge in [0.1, 0.15) is 0 Å². The van der Waals surface area contributed by atoms with Crippen molar-refractivity contribution in [1.29, 1.82) is 0 Å². The van der Waals surface area contributed by atoms with Gasteiger partial charge in [-0.15, -0.1) is 0 Å². The van der Waals surface area contributed by atoms with Crippen LogP contribution in [0.5, 0.6) is 0 Å². The summed E-state index contributed by atoms with van der Waals surface area (Å²) in [5.74, 6) is -0.294. The molecule has 3 rings (SSSR count). The molecule has 1 aromatic carbocycles. The van der Waals surface area contributed by atoms with Gasteiger partial charge in [0.15, 0.2) is 0 Å². The predicted octanol–water partition coefficient (Wildman–Crippen LogP) is 1.84. The van der Waals surface area contributed by atoms with Gasteiger partial charge in [-0.05, 0) is 68.7 Å². The summed E-state index contributed by atoms with van der Waals surface area (Å²) in [6.07, 6.45) is 4.91. The first-order valence-corrected chi connectivity index (χ1v) is 12.6. The second-order valence-corrected chi connectivity index (χ2v) is 10.4. The van der Waals surface area contributed by atoms with Gasteiger partial charge in [0.25, 0.3) is 0 Å². The highest BCUT2D eigenvalue weighted by Crippen LogP contribution is 2.29. The number of halogens is 1. The molecule has 2 fully saturated rings. The minimum Gasteiger partial charge on any atom is -0.376 e. The molecule has 2 amide bonds. The topological polar surface area (TPSA) is 114 Å². The smallest absolute Gasteiger partial charge is 0.240 e. The monoisotopic (exact) mass is 471 g/mol. The van der Waals surface area contributed by atoms with E-state index in [0.717, 1.165) is 32.3 Å². The fourth-order valence-electron chi connectivity index (χ4n) is 3.96. The Morgan fingerprint density at radius 3 is 2.35 bits per heavy atom. The maximum atomic E-state index is 12.4. The van der Waals surface area contributed by atoms with Crippen molar-refractivity contribution < 1.29 is 22.7 Å². The van der Waals surface area contributed by atoms with E-state index >= 15 is 0 Å². The van der Waals surface area contributed by atoms with Crippen molar-refractivity contribution in [1.82, 2.24) is 15.4 Å². The van der Waals surface area contributed by atoms with E-state index in [0.29, 0.717) is 31.0 Å². The number of hydrogen-bond donors (Lipinski definition) is 3. The van der Waals surface area contributed by atoms with Crippen LogP contribution in [0.2, 0.25) is 5.02 Å². The molecule has 1 aromatic rings. The lowest BCUT2D eigenvalue weighted by Gasteiger charge is -2.27. The molecular formula is C21H30ClN3O5S. The molecule has 172 valence electrons. The van der Waals surface area contributed by atoms with Crippen LogP contribution in [0.1, 0.15) is 38.5 Å². The zero-order chi connectivity index (χ0) is 22.3. The van der Waals surface area contributed by atoms with Gasteiger partial charge >= 0.3 is 0 Å². The first-order chi connectivity index (χ1) is 14.8. The first-order valence-electron chi connectivity index (χ1n) is 10.7. The lowest BCUT2D eigenvalue weighted by Crippen LogP contribution is -2.42. The SMILES string of the molecule is O=C(CNC(=O)C1CCC(CNS(=O)(=O)c2ccc(Cl)cc2)CC1)NCC1CCCO1. The summed E-state index contributed by atoms with van der Waals surface area (Å²) >= 11 is 5.81. The van der Waals surface area contributed by atoms with E-state index in [1.54, 1.807) is 12.1 Å². The number of sulfonamides is 1. The van der Waals surface area contributed by atoms with Crippen LogP contribution in [0, 0.1) is 11.8 Å². The Hall–Kier alpha value is -1.68. The van der Waals surface area contributed by atoms with E-state index in [1.165, 1.54) is 12.1 Å². The number of rotatable bonds is 9. The summed E-state index contributed by atoms with van der Waals surface area (Å²) in [6, 6.07) is 6.04. The second-order valence-electron chi connectivity index (χ2n) is 8.18. The molecule has 3 N–H and O–H groups in total. The molecule has 2 aliphatic rings. The number of hydrogen-bond acceptors (Lipinski definition) is 5. The van der Waals surface area contributed by atoms with Crippen molar-refractivity contribution in [3.05, 3.63) is 29.3 Å². The Bertz CT molecular complexity index is 848. The molecule has 1 unspecified atom stereocenters. The van der Waals surface area contributed by atoms with Gasteiger partial charge in [-0.2, -0.15) is 0 Å². The van der Waals surface area contributed by atoms with E-state index in [2.05, 4.69) is 15.4 Å². The van der Waals surface area contributed by atoms with E-state index in [9.17, 15) is 18.0 Å². The first kappa shape index (κ1) is 24.0. The zero-order valence-electron chi connectivity index (χ0n) is 17.4. The molecule has 0 radical (unpaired) electrons. The Labute approximate surface area is 188 Å². The van der Waals surface area contributed by atoms with Crippen molar-refractivity contribution in [2.75, 3.05) is 26.2 Å². The molecule has 31 heavy (non-hydrogen) atoms. The standard InChI is InChI=1S/C21H30ClN3O5S/c22-17-7-9-19(10-8-17)31(28,29)25-12-15-3-5-16(6-4-15)21(27)24-14-20(26)23-13-18-2-1-11-30-18/h7-10,15-16,18,25H,1-6,11-14H2,(H,23,26)(H,24,27). The van der Waals surface area contributed by atoms with Crippen molar-refractivity contribution in [2.24, 2.45) is 11.8 Å². The van der Waals surface area contributed by atoms with Gasteiger partial charge in [0.05, 0.1) is 17.5 Å². The summed E-state index contributed by atoms with van der Waals surface area (Å²) in [6.45, 7) is 1.52. The van der Waals surface area contributed by atoms with Crippen LogP contribution in [-0.4, -0.2) is 52.6 Å². The van der Waals surface area contributed by atoms with E-state index in [4.69, 9.17) is 16.3 Å². The van der Waals surface area contributed by atoms with Crippen molar-refractivity contribution >= 4 is 33.4 Å². The number of benzene rings is 1. The third-order valence-corrected chi connectivity index (χ3v) is 7.57. The highest BCUT2D eigenvalue weighted by molar-refractivity contribution is 7.89. The number of nitrogens with one attached hydrogen (secondary N) is 3. The largest absolute Gasteiger partial charge is 0.376 e. The van der Waals surface area contributed by atoms with Gasteiger partial charge in [0, 0.05) is 30.6 Å². The zero-order valence-corrected chi connectivity index (χ0v) is 19.0. The summed E-state index contributed by atoms with van der Waals surface area (Å²) < 4.78 is 32.9. The van der Waals surface area contributed by atoms with Crippen molar-refractivity contribution in [2.45, 2.75) is 49.5 Å². The van der Waals surface area contributed by atoms with Gasteiger partial charge < -0.3 is 15.4 Å². The number of carbonyl (C=O) groups is 2. The van der Waals surface area contributed by atoms with E-state index in [1.807, 2.05) is 0 Å². The van der Waals surface area contributed by atoms with Gasteiger partial charge in [-0.25, -0.2) is 13.1 Å². The van der Waals surface area contributed by atoms with Crippen LogP contribution in [0.4, 0.5) is 0 Å². The summed E-state index contributed by atoms with van der Waals surface area (Å²) in [7, 11) is -3.58. The number of ether oxygens (including phenoxy) is 1. The number of carbonyl (C=O) groups excluding carboxylic acids is 2. The fourth-order valence-corrected chi connectivity index (χ4v) is 5.20. The van der Waals surface area contributed by atoms with Gasteiger partial charge in [-0.3, -0.25) is 9.59 Å². The van der Waals surface area contributed by atoms with Crippen molar-refractivity contribution in [3.63, 3.8) is 0 Å². The Kier molecular flexibility index (Phi) is 8.71. The summed E-state index contributed by atoms with van der Waals surface area (Å²) in [5.41, 5.74) is 0. The molecule has 0 aromatic heterocycles. The molecule has 1 saturated carbocycles.